The van der Waals surface area contributed by atoms with Crippen molar-refractivity contribution in [2.24, 2.45) is 0 Å². The number of sulfonamides is 1. The molecule has 8 heteroatoms. The predicted molar refractivity (Wildman–Crippen MR) is 102 cm³/mol. The molecule has 0 atom stereocenters. The second kappa shape index (κ2) is 6.86. The summed E-state index contributed by atoms with van der Waals surface area (Å²) in [5.41, 5.74) is 6.57. The Morgan fingerprint density at radius 3 is 2.50 bits per heavy atom. The number of carbonyl (C=O) groups excluding carboxylic acids is 1. The molecule has 0 bridgehead atoms. The Labute approximate surface area is 155 Å². The first-order valence-electron chi connectivity index (χ1n) is 7.50. The number of esters is 1. The molecule has 0 unspecified atom stereocenters. The number of benzene rings is 3. The third-order valence-corrected chi connectivity index (χ3v) is 5.48. The van der Waals surface area contributed by atoms with Gasteiger partial charge in [-0.3, -0.25) is 4.72 Å². The minimum Gasteiger partial charge on any atom is -0.465 e. The van der Waals surface area contributed by atoms with Gasteiger partial charge in [0.25, 0.3) is 10.0 Å². The number of hydrogen-bond acceptors (Lipinski definition) is 5. The molecule has 0 aliphatic heterocycles. The maximum Gasteiger partial charge on any atom is 0.339 e. The summed E-state index contributed by atoms with van der Waals surface area (Å²) in [5, 5.41) is 1.75. The smallest absolute Gasteiger partial charge is 0.339 e. The standard InChI is InChI=1S/C18H15ClN2O4S/c1-25-18(22)16-10-14(5-7-17(16)19)21-26(23,24)15-6-3-11-2-4-13(20)8-12(11)9-15/h2-10,21H,20H2,1H3. The lowest BCUT2D eigenvalue weighted by Gasteiger charge is -2.11. The molecule has 3 aromatic rings. The first-order chi connectivity index (χ1) is 12.3. The molecule has 26 heavy (non-hydrogen) atoms. The Bertz CT molecular complexity index is 1110. The summed E-state index contributed by atoms with van der Waals surface area (Å²) in [7, 11) is -2.65. The molecule has 3 N–H and O–H groups in total. The van der Waals surface area contributed by atoms with Crippen LogP contribution in [0.3, 0.4) is 0 Å². The van der Waals surface area contributed by atoms with E-state index in [0.717, 1.165) is 5.39 Å². The van der Waals surface area contributed by atoms with Gasteiger partial charge in [-0.2, -0.15) is 0 Å². The number of ether oxygens (including phenoxy) is 1. The third-order valence-electron chi connectivity index (χ3n) is 3.77. The zero-order valence-corrected chi connectivity index (χ0v) is 15.3. The number of nitrogens with two attached hydrogens (primary N) is 1. The molecule has 0 amide bonds. The van der Waals surface area contributed by atoms with E-state index >= 15 is 0 Å². The van der Waals surface area contributed by atoms with Crippen molar-refractivity contribution in [2.45, 2.75) is 4.90 Å². The number of nitrogen functional groups attached to an aromatic ring is 1. The number of fused-ring (bicyclic) bond motifs is 1. The number of rotatable bonds is 4. The van der Waals surface area contributed by atoms with E-state index in [1.165, 1.54) is 37.4 Å². The average molecular weight is 391 g/mol. The molecule has 0 aliphatic rings. The number of hydrogen-bond donors (Lipinski definition) is 2. The largest absolute Gasteiger partial charge is 0.465 e. The number of halogens is 1. The van der Waals surface area contributed by atoms with Gasteiger partial charge in [0.15, 0.2) is 0 Å². The molecule has 0 aromatic heterocycles. The maximum atomic E-state index is 12.7. The quantitative estimate of drug-likeness (QED) is 0.523. The highest BCUT2D eigenvalue weighted by Gasteiger charge is 2.17. The van der Waals surface area contributed by atoms with E-state index in [-0.39, 0.29) is 21.2 Å². The molecule has 0 spiro atoms. The first kappa shape index (κ1) is 18.0. The minimum absolute atomic E-state index is 0.0700. The van der Waals surface area contributed by atoms with Crippen LogP contribution >= 0.6 is 11.6 Å². The zero-order chi connectivity index (χ0) is 18.9. The average Bonchev–Trinajstić information content (AvgIpc) is 2.61. The van der Waals surface area contributed by atoms with Crippen LogP contribution < -0.4 is 10.5 Å². The Morgan fingerprint density at radius 2 is 1.77 bits per heavy atom. The number of methoxy groups -OCH3 is 1. The van der Waals surface area contributed by atoms with E-state index in [2.05, 4.69) is 9.46 Å². The van der Waals surface area contributed by atoms with Gasteiger partial charge in [-0.25, -0.2) is 13.2 Å². The molecular formula is C18H15ClN2O4S. The highest BCUT2D eigenvalue weighted by Crippen LogP contribution is 2.25. The molecule has 0 radical (unpaired) electrons. The second-order valence-electron chi connectivity index (χ2n) is 5.56. The van der Waals surface area contributed by atoms with Gasteiger partial charge in [0.1, 0.15) is 0 Å². The first-order valence-corrected chi connectivity index (χ1v) is 9.36. The monoisotopic (exact) mass is 390 g/mol. The van der Waals surface area contributed by atoms with Crippen molar-refractivity contribution in [3.05, 3.63) is 65.2 Å². The van der Waals surface area contributed by atoms with Gasteiger partial charge in [-0.1, -0.05) is 23.7 Å². The fourth-order valence-electron chi connectivity index (χ4n) is 2.48. The Hall–Kier alpha value is -2.77. The van der Waals surface area contributed by atoms with Crippen molar-refractivity contribution in [3.63, 3.8) is 0 Å². The zero-order valence-electron chi connectivity index (χ0n) is 13.7. The van der Waals surface area contributed by atoms with E-state index in [9.17, 15) is 13.2 Å². The molecular weight excluding hydrogens is 376 g/mol. The summed E-state index contributed by atoms with van der Waals surface area (Å²) in [6.07, 6.45) is 0. The van der Waals surface area contributed by atoms with Gasteiger partial charge >= 0.3 is 5.97 Å². The summed E-state index contributed by atoms with van der Waals surface area (Å²) < 4.78 is 32.4. The topological polar surface area (TPSA) is 98.5 Å². The van der Waals surface area contributed by atoms with Crippen LogP contribution in [0.2, 0.25) is 5.02 Å². The predicted octanol–water partition coefficient (Wildman–Crippen LogP) is 3.66. The van der Waals surface area contributed by atoms with Gasteiger partial charge in [-0.15, -0.1) is 0 Å². The Balaban J connectivity index is 1.98. The van der Waals surface area contributed by atoms with Crippen molar-refractivity contribution >= 4 is 49.7 Å². The number of carbonyl (C=O) groups is 1. The summed E-state index contributed by atoms with van der Waals surface area (Å²) in [4.78, 5) is 11.8. The summed E-state index contributed by atoms with van der Waals surface area (Å²) in [6.45, 7) is 0. The second-order valence-corrected chi connectivity index (χ2v) is 7.65. The highest BCUT2D eigenvalue weighted by molar-refractivity contribution is 7.92. The maximum absolute atomic E-state index is 12.7. The normalized spacial score (nSPS) is 11.3. The summed E-state index contributed by atoms with van der Waals surface area (Å²) >= 11 is 5.95. The lowest BCUT2D eigenvalue weighted by molar-refractivity contribution is 0.0601. The fraction of sp³-hybridized carbons (Fsp3) is 0.0556. The SMILES string of the molecule is COC(=O)c1cc(NS(=O)(=O)c2ccc3ccc(N)cc3c2)ccc1Cl. The van der Waals surface area contributed by atoms with E-state index in [4.69, 9.17) is 17.3 Å². The summed E-state index contributed by atoms with van der Waals surface area (Å²) in [5.74, 6) is -0.655. The van der Waals surface area contributed by atoms with Gasteiger partial charge in [0, 0.05) is 11.4 Å². The molecule has 0 heterocycles. The molecule has 0 fully saturated rings. The van der Waals surface area contributed by atoms with E-state index in [0.29, 0.717) is 11.1 Å². The Kier molecular flexibility index (Phi) is 4.76. The van der Waals surface area contributed by atoms with Crippen LogP contribution in [0.5, 0.6) is 0 Å². The molecule has 0 saturated carbocycles. The summed E-state index contributed by atoms with van der Waals surface area (Å²) in [6, 6.07) is 14.2. The highest BCUT2D eigenvalue weighted by atomic mass is 35.5. The van der Waals surface area contributed by atoms with Crippen molar-refractivity contribution in [2.75, 3.05) is 17.6 Å². The van der Waals surface area contributed by atoms with Crippen LogP contribution in [-0.4, -0.2) is 21.5 Å². The molecule has 3 rings (SSSR count). The van der Waals surface area contributed by atoms with Crippen LogP contribution in [0.25, 0.3) is 10.8 Å². The van der Waals surface area contributed by atoms with Crippen molar-refractivity contribution in [1.82, 2.24) is 0 Å². The molecule has 6 nitrogen and oxygen atoms in total. The lowest BCUT2D eigenvalue weighted by atomic mass is 10.1. The molecule has 0 aliphatic carbocycles. The lowest BCUT2D eigenvalue weighted by Crippen LogP contribution is -2.13. The van der Waals surface area contributed by atoms with Crippen molar-refractivity contribution in [1.29, 1.82) is 0 Å². The Morgan fingerprint density at radius 1 is 1.04 bits per heavy atom. The van der Waals surface area contributed by atoms with Crippen LogP contribution in [0.15, 0.2) is 59.5 Å². The van der Waals surface area contributed by atoms with Gasteiger partial charge < -0.3 is 10.5 Å². The molecule has 3 aromatic carbocycles. The third kappa shape index (κ3) is 3.58. The van der Waals surface area contributed by atoms with Crippen molar-refractivity contribution in [3.8, 4) is 0 Å². The van der Waals surface area contributed by atoms with Crippen LogP contribution in [0.1, 0.15) is 10.4 Å². The molecule has 134 valence electrons. The minimum atomic E-state index is -3.87. The number of nitrogens with one attached hydrogen (secondary N) is 1. The van der Waals surface area contributed by atoms with Crippen LogP contribution in [-0.2, 0) is 14.8 Å². The van der Waals surface area contributed by atoms with Crippen LogP contribution in [0.4, 0.5) is 11.4 Å². The van der Waals surface area contributed by atoms with Crippen molar-refractivity contribution < 1.29 is 17.9 Å². The van der Waals surface area contributed by atoms with E-state index in [1.807, 2.05) is 6.07 Å². The van der Waals surface area contributed by atoms with Gasteiger partial charge in [-0.05, 0) is 53.2 Å². The van der Waals surface area contributed by atoms with Gasteiger partial charge in [0.2, 0.25) is 0 Å². The van der Waals surface area contributed by atoms with E-state index in [1.54, 1.807) is 18.2 Å². The fourth-order valence-corrected chi connectivity index (χ4v) is 3.76. The number of anilines is 2. The molecule has 0 saturated heterocycles. The van der Waals surface area contributed by atoms with Crippen LogP contribution in [0, 0.1) is 0 Å². The van der Waals surface area contributed by atoms with Gasteiger partial charge in [0.05, 0.1) is 22.6 Å². The van der Waals surface area contributed by atoms with E-state index < -0.39 is 16.0 Å².